The Kier molecular flexibility index (Phi) is 11.4. The molecule has 10 heteroatoms. The van der Waals surface area contributed by atoms with Crippen LogP contribution in [0.1, 0.15) is 55.7 Å². The highest BCUT2D eigenvalue weighted by Gasteiger charge is 2.39. The van der Waals surface area contributed by atoms with Gasteiger partial charge < -0.3 is 19.7 Å². The van der Waals surface area contributed by atoms with Gasteiger partial charge in [0.25, 0.3) is 5.69 Å². The number of halogens is 1. The van der Waals surface area contributed by atoms with Crippen molar-refractivity contribution in [2.24, 2.45) is 0 Å². The summed E-state index contributed by atoms with van der Waals surface area (Å²) in [7, 11) is 1.26. The molecular weight excluding hydrogens is 606 g/mol. The molecule has 242 valence electrons. The van der Waals surface area contributed by atoms with Gasteiger partial charge in [-0.2, -0.15) is 0 Å². The van der Waals surface area contributed by atoms with E-state index in [1.165, 1.54) is 30.4 Å². The first-order valence-corrected chi connectivity index (χ1v) is 15.3. The number of hydrogen-bond donors (Lipinski definition) is 1. The van der Waals surface area contributed by atoms with Crippen LogP contribution in [0.3, 0.4) is 0 Å². The van der Waals surface area contributed by atoms with Crippen LogP contribution in [0.15, 0.2) is 107 Å². The lowest BCUT2D eigenvalue weighted by Gasteiger charge is -2.43. The summed E-state index contributed by atoms with van der Waals surface area (Å²) < 4.78 is 10.8. The first-order chi connectivity index (χ1) is 21.7. The van der Waals surface area contributed by atoms with Gasteiger partial charge in [-0.3, -0.25) is 10.1 Å². The summed E-state index contributed by atoms with van der Waals surface area (Å²) in [5, 5.41) is 14.6. The summed E-state index contributed by atoms with van der Waals surface area (Å²) in [5.41, 5.74) is 4.42. The van der Waals surface area contributed by atoms with Crippen LogP contribution in [0.4, 0.5) is 5.69 Å². The minimum Gasteiger partial charge on any atom is -0.466 e. The zero-order valence-electron chi connectivity index (χ0n) is 26.4. The lowest BCUT2D eigenvalue weighted by Crippen LogP contribution is -2.43. The Morgan fingerprint density at radius 3 is 2.00 bits per heavy atom. The van der Waals surface area contributed by atoms with Crippen LogP contribution in [0.2, 0.25) is 0 Å². The molecule has 1 N–H and O–H groups in total. The van der Waals surface area contributed by atoms with Crippen molar-refractivity contribution in [1.82, 2.24) is 10.2 Å². The van der Waals surface area contributed by atoms with Crippen LogP contribution in [0.5, 0.6) is 0 Å². The van der Waals surface area contributed by atoms with Crippen molar-refractivity contribution in [2.45, 2.75) is 44.4 Å². The summed E-state index contributed by atoms with van der Waals surface area (Å²) >= 11 is 0. The highest BCUT2D eigenvalue weighted by molar-refractivity contribution is 5.99. The van der Waals surface area contributed by atoms with E-state index in [4.69, 9.17) is 9.47 Å². The number of benzene rings is 3. The largest absolute Gasteiger partial charge is 0.466 e. The number of esters is 2. The molecule has 1 atom stereocenters. The van der Waals surface area contributed by atoms with Gasteiger partial charge in [0, 0.05) is 35.5 Å². The summed E-state index contributed by atoms with van der Waals surface area (Å²) in [5.74, 6) is -2.07. The zero-order valence-corrected chi connectivity index (χ0v) is 27.2. The maximum absolute atomic E-state index is 13.6. The van der Waals surface area contributed by atoms with Crippen molar-refractivity contribution in [3.05, 3.63) is 134 Å². The Morgan fingerprint density at radius 2 is 1.46 bits per heavy atom. The number of piperidine rings is 1. The number of hydrogen-bond acceptors (Lipinski definition) is 8. The van der Waals surface area contributed by atoms with Crippen molar-refractivity contribution in [3.8, 4) is 0 Å². The Hall–Kier alpha value is -4.47. The molecule has 0 aromatic heterocycles. The molecule has 2 aliphatic heterocycles. The number of allylic oxidation sites excluding steroid dienone is 2. The van der Waals surface area contributed by atoms with Gasteiger partial charge >= 0.3 is 11.9 Å². The van der Waals surface area contributed by atoms with E-state index in [1.54, 1.807) is 26.0 Å². The smallest absolute Gasteiger partial charge is 0.336 e. The normalized spacial score (nSPS) is 17.8. The van der Waals surface area contributed by atoms with Gasteiger partial charge in [0.2, 0.25) is 0 Å². The molecule has 3 aromatic carbocycles. The molecule has 0 radical (unpaired) electrons. The van der Waals surface area contributed by atoms with Crippen LogP contribution < -0.4 is 5.32 Å². The summed E-state index contributed by atoms with van der Waals surface area (Å²) in [4.78, 5) is 39.9. The molecule has 1 unspecified atom stereocenters. The van der Waals surface area contributed by atoms with Gasteiger partial charge in [0.15, 0.2) is 0 Å². The van der Waals surface area contributed by atoms with Crippen LogP contribution >= 0.6 is 12.4 Å². The molecule has 2 aliphatic rings. The fraction of sp³-hybridized carbons (Fsp3) is 0.333. The van der Waals surface area contributed by atoms with Crippen molar-refractivity contribution in [1.29, 1.82) is 0 Å². The second-order valence-electron chi connectivity index (χ2n) is 11.6. The van der Waals surface area contributed by atoms with Crippen LogP contribution in [0.25, 0.3) is 0 Å². The number of rotatable bonds is 10. The Morgan fingerprint density at radius 1 is 0.891 bits per heavy atom. The maximum atomic E-state index is 13.6. The average Bonchev–Trinajstić information content (AvgIpc) is 3.07. The van der Waals surface area contributed by atoms with Gasteiger partial charge in [-0.15, -0.1) is 12.4 Å². The van der Waals surface area contributed by atoms with Crippen molar-refractivity contribution in [3.63, 3.8) is 0 Å². The van der Waals surface area contributed by atoms with Gasteiger partial charge in [0.1, 0.15) is 0 Å². The van der Waals surface area contributed by atoms with Crippen molar-refractivity contribution in [2.75, 3.05) is 33.4 Å². The number of methoxy groups -OCH3 is 1. The number of nitro groups is 1. The highest BCUT2D eigenvalue weighted by Crippen LogP contribution is 2.42. The Bertz CT molecular complexity index is 1570. The molecule has 5 rings (SSSR count). The van der Waals surface area contributed by atoms with Crippen molar-refractivity contribution < 1.29 is 24.0 Å². The fourth-order valence-corrected chi connectivity index (χ4v) is 6.74. The zero-order chi connectivity index (χ0) is 32.0. The molecule has 0 aliphatic carbocycles. The number of carbonyl (C=O) groups is 2. The molecule has 1 fully saturated rings. The number of non-ortho nitro benzene ring substituents is 1. The van der Waals surface area contributed by atoms with E-state index in [-0.39, 0.29) is 41.3 Å². The maximum Gasteiger partial charge on any atom is 0.336 e. The van der Waals surface area contributed by atoms with Crippen molar-refractivity contribution >= 4 is 30.0 Å². The molecular formula is C36H40ClN3O6. The van der Waals surface area contributed by atoms with E-state index in [0.29, 0.717) is 23.4 Å². The lowest BCUT2D eigenvalue weighted by molar-refractivity contribution is -0.384. The number of nitrogens with zero attached hydrogens (tertiary/aromatic N) is 2. The predicted molar refractivity (Wildman–Crippen MR) is 179 cm³/mol. The molecule has 0 saturated carbocycles. The molecule has 3 aromatic rings. The summed E-state index contributed by atoms with van der Waals surface area (Å²) in [6, 6.07) is 27.4. The monoisotopic (exact) mass is 645 g/mol. The van der Waals surface area contributed by atoms with E-state index >= 15 is 0 Å². The number of nitro benzene ring substituents is 1. The number of likely N-dealkylation sites (tertiary alicyclic amines) is 1. The van der Waals surface area contributed by atoms with E-state index in [2.05, 4.69) is 70.9 Å². The third-order valence-electron chi connectivity index (χ3n) is 9.01. The summed E-state index contributed by atoms with van der Waals surface area (Å²) in [6.45, 7) is 6.28. The van der Waals surface area contributed by atoms with Crippen LogP contribution in [0, 0.1) is 10.1 Å². The third-order valence-corrected chi connectivity index (χ3v) is 9.01. The average molecular weight is 646 g/mol. The van der Waals surface area contributed by atoms with Gasteiger partial charge in [-0.05, 0) is 62.9 Å². The topological polar surface area (TPSA) is 111 Å². The number of ether oxygens (including phenoxy) is 2. The molecule has 0 amide bonds. The predicted octanol–water partition coefficient (Wildman–Crippen LogP) is 6.44. The molecule has 0 bridgehead atoms. The van der Waals surface area contributed by atoms with E-state index in [9.17, 15) is 19.7 Å². The molecule has 0 spiro atoms. The SMILES string of the molecule is COC(=O)C1=C(C)NC(C)=C(C(=O)OCCCN2CCC(c3ccccc3)(c3ccccc3)CC2)C1c1cccc([N+](=O)[O-])c1.Cl. The number of carbonyl (C=O) groups excluding carboxylic acids is 2. The highest BCUT2D eigenvalue weighted by atomic mass is 35.5. The molecule has 9 nitrogen and oxygen atoms in total. The quantitative estimate of drug-likeness (QED) is 0.116. The van der Waals surface area contributed by atoms with Gasteiger partial charge in [-0.1, -0.05) is 72.8 Å². The minimum atomic E-state index is -0.878. The Labute approximate surface area is 275 Å². The third kappa shape index (κ3) is 7.16. The van der Waals surface area contributed by atoms with Gasteiger partial charge in [0.05, 0.1) is 35.7 Å². The standard InChI is InChI=1S/C36H39N3O6.ClH/c1-25-31(34(40)44-3)33(27-12-10-17-30(24-27)39(42)43)32(26(2)37-25)35(41)45-23-11-20-38-21-18-36(19-22-38,28-13-6-4-7-14-28)29-15-8-5-9-16-29;/h4-10,12-17,24,33,37H,11,18-23H2,1-3H3;1H. The number of nitrogens with one attached hydrogen (secondary N) is 1. The van der Waals surface area contributed by atoms with E-state index < -0.39 is 22.8 Å². The molecule has 2 heterocycles. The lowest BCUT2D eigenvalue weighted by atomic mass is 9.68. The second kappa shape index (κ2) is 15.2. The van der Waals surface area contributed by atoms with E-state index in [1.807, 2.05) is 0 Å². The van der Waals surface area contributed by atoms with Gasteiger partial charge in [-0.25, -0.2) is 9.59 Å². The van der Waals surface area contributed by atoms with Crippen LogP contribution in [-0.4, -0.2) is 55.1 Å². The van der Waals surface area contributed by atoms with E-state index in [0.717, 1.165) is 32.5 Å². The van der Waals surface area contributed by atoms with Crippen LogP contribution in [-0.2, 0) is 24.5 Å². The fourth-order valence-electron chi connectivity index (χ4n) is 6.74. The second-order valence-corrected chi connectivity index (χ2v) is 11.6. The summed E-state index contributed by atoms with van der Waals surface area (Å²) in [6.07, 6.45) is 2.63. The first kappa shape index (κ1) is 34.4. The minimum absolute atomic E-state index is 0. The molecule has 1 saturated heterocycles. The number of dihydropyridines is 1. The molecule has 46 heavy (non-hydrogen) atoms. The first-order valence-electron chi connectivity index (χ1n) is 15.3. The Balaban J connectivity index is 0.00000480.